The van der Waals surface area contributed by atoms with Crippen LogP contribution in [0.3, 0.4) is 0 Å². The van der Waals surface area contributed by atoms with Gasteiger partial charge in [0.05, 0.1) is 7.11 Å². The van der Waals surface area contributed by atoms with Crippen molar-refractivity contribution in [3.63, 3.8) is 0 Å². The van der Waals surface area contributed by atoms with Crippen LogP contribution in [0.1, 0.15) is 102 Å². The summed E-state index contributed by atoms with van der Waals surface area (Å²) in [6.07, 6.45) is 1.24. The third-order valence-corrected chi connectivity index (χ3v) is 16.0. The van der Waals surface area contributed by atoms with Crippen molar-refractivity contribution in [2.45, 2.75) is 127 Å². The minimum absolute atomic E-state index is 0.166. The average molecular weight is 589 g/mol. The van der Waals surface area contributed by atoms with E-state index in [4.69, 9.17) is 27.8 Å². The standard InChI is InChI=1S/C31H44O9Si/c1-15(2)41(16(3)4,17(5)6)40-24-13-22-21(24)14-26(36-19(8)32)31-28(39-31)25(38-30(31)34)11-18(7)10-20-12-23(27(22)37-20)29(33)35-9/h10,12,15-17,21-22,24-26,28H,11,13-14H2,1-9H3/b18-10-/t21-,22+,24+,25+,26-,28+,31+/m1/s1. The minimum atomic E-state index is -2.29. The fourth-order valence-corrected chi connectivity index (χ4v) is 13.6. The Hall–Kier alpha value is -2.43. The summed E-state index contributed by atoms with van der Waals surface area (Å²) < 4.78 is 36.5. The first-order chi connectivity index (χ1) is 19.3. The van der Waals surface area contributed by atoms with Gasteiger partial charge in [-0.2, -0.15) is 0 Å². The summed E-state index contributed by atoms with van der Waals surface area (Å²) in [5.41, 5.74) is 1.08. The zero-order valence-corrected chi connectivity index (χ0v) is 26.6. The van der Waals surface area contributed by atoms with Gasteiger partial charge in [-0.1, -0.05) is 47.1 Å². The van der Waals surface area contributed by atoms with Crippen LogP contribution in [0.25, 0.3) is 6.08 Å². The first kappa shape index (κ1) is 30.0. The Balaban J connectivity index is 1.61. The number of epoxide rings is 1. The minimum Gasteiger partial charge on any atom is -0.465 e. The van der Waals surface area contributed by atoms with E-state index in [9.17, 15) is 14.4 Å². The molecule has 1 aliphatic carbocycles. The highest BCUT2D eigenvalue weighted by Crippen LogP contribution is 2.58. The zero-order valence-electron chi connectivity index (χ0n) is 25.6. The number of carbonyl (C=O) groups is 3. The topological polar surface area (TPSA) is 114 Å². The van der Waals surface area contributed by atoms with Crippen molar-refractivity contribution < 1.29 is 42.2 Å². The number of methoxy groups -OCH3 is 1. The van der Waals surface area contributed by atoms with E-state index in [1.165, 1.54) is 14.0 Å². The van der Waals surface area contributed by atoms with Crippen LogP contribution >= 0.6 is 0 Å². The Morgan fingerprint density at radius 3 is 2.29 bits per heavy atom. The van der Waals surface area contributed by atoms with E-state index in [0.29, 0.717) is 53.0 Å². The van der Waals surface area contributed by atoms with E-state index in [0.717, 1.165) is 5.57 Å². The highest BCUT2D eigenvalue weighted by molar-refractivity contribution is 6.77. The third-order valence-electron chi connectivity index (χ3n) is 9.85. The van der Waals surface area contributed by atoms with Crippen LogP contribution in [-0.4, -0.2) is 63.4 Å². The van der Waals surface area contributed by atoms with E-state index >= 15 is 0 Å². The lowest BCUT2D eigenvalue weighted by molar-refractivity contribution is -0.167. The first-order valence-corrected chi connectivity index (χ1v) is 17.0. The Kier molecular flexibility index (Phi) is 7.83. The van der Waals surface area contributed by atoms with Gasteiger partial charge in [-0.25, -0.2) is 9.59 Å². The monoisotopic (exact) mass is 588 g/mol. The maximum atomic E-state index is 13.3. The molecule has 7 atom stereocenters. The molecule has 226 valence electrons. The molecule has 10 heteroatoms. The highest BCUT2D eigenvalue weighted by Gasteiger charge is 2.78. The molecule has 0 radical (unpaired) electrons. The number of ether oxygens (including phenoxy) is 4. The normalized spacial score (nSPS) is 33.9. The summed E-state index contributed by atoms with van der Waals surface area (Å²) in [5, 5.41) is 0. The fourth-order valence-electron chi connectivity index (χ4n) is 8.03. The molecule has 0 N–H and O–H groups in total. The molecule has 5 rings (SSSR count). The molecule has 0 spiro atoms. The molecule has 1 aromatic rings. The molecule has 4 heterocycles. The number of furan rings is 1. The number of hydrogen-bond acceptors (Lipinski definition) is 9. The number of hydrogen-bond donors (Lipinski definition) is 0. The van der Waals surface area contributed by atoms with Gasteiger partial charge in [0.25, 0.3) is 0 Å². The van der Waals surface area contributed by atoms with Gasteiger partial charge in [0.1, 0.15) is 35.4 Å². The molecule has 3 fully saturated rings. The molecule has 0 amide bonds. The average Bonchev–Trinajstić information content (AvgIpc) is 3.42. The SMILES string of the molecule is COC(=O)c1cc2oc1[C@H]1C[C@H](O[Si](C(C)C)(C(C)C)C(C)C)[C@@H]1C[C@@H](OC(C)=O)[C@]13O[C@H]1[C@H](C/C(C)=C\2)OC3=O. The molecule has 1 saturated carbocycles. The quantitative estimate of drug-likeness (QED) is 0.166. The second-order valence-corrected chi connectivity index (χ2v) is 18.6. The van der Waals surface area contributed by atoms with Crippen molar-refractivity contribution in [1.82, 2.24) is 0 Å². The highest BCUT2D eigenvalue weighted by atomic mass is 28.4. The number of esters is 3. The second kappa shape index (κ2) is 10.7. The summed E-state index contributed by atoms with van der Waals surface area (Å²) in [6.45, 7) is 16.7. The van der Waals surface area contributed by atoms with Crippen LogP contribution < -0.4 is 0 Å². The van der Waals surface area contributed by atoms with Crippen molar-refractivity contribution in [1.29, 1.82) is 0 Å². The predicted octanol–water partition coefficient (Wildman–Crippen LogP) is 5.92. The van der Waals surface area contributed by atoms with E-state index in [-0.39, 0.29) is 17.9 Å². The van der Waals surface area contributed by atoms with Crippen molar-refractivity contribution in [3.05, 3.63) is 28.7 Å². The lowest BCUT2D eigenvalue weighted by Crippen LogP contribution is -2.56. The maximum absolute atomic E-state index is 13.3. The van der Waals surface area contributed by atoms with E-state index in [1.54, 1.807) is 6.07 Å². The maximum Gasteiger partial charge on any atom is 0.345 e. The third kappa shape index (κ3) is 4.79. The van der Waals surface area contributed by atoms with Crippen molar-refractivity contribution in [3.8, 4) is 0 Å². The Labute approximate surface area is 243 Å². The summed E-state index contributed by atoms with van der Waals surface area (Å²) in [4.78, 5) is 38.6. The molecule has 2 saturated heterocycles. The Morgan fingerprint density at radius 1 is 1.07 bits per heavy atom. The predicted molar refractivity (Wildman–Crippen MR) is 153 cm³/mol. The molecule has 4 aliphatic rings. The molecule has 0 aromatic carbocycles. The molecular weight excluding hydrogens is 544 g/mol. The molecule has 41 heavy (non-hydrogen) atoms. The fraction of sp³-hybridized carbons (Fsp3) is 0.710. The van der Waals surface area contributed by atoms with Gasteiger partial charge in [-0.3, -0.25) is 4.79 Å². The number of carbonyl (C=O) groups excluding carboxylic acids is 3. The van der Waals surface area contributed by atoms with Crippen molar-refractivity contribution in [2.24, 2.45) is 5.92 Å². The van der Waals surface area contributed by atoms with Crippen LogP contribution in [0.4, 0.5) is 0 Å². The van der Waals surface area contributed by atoms with Crippen molar-refractivity contribution >= 4 is 32.3 Å². The Morgan fingerprint density at radius 2 is 1.73 bits per heavy atom. The van der Waals surface area contributed by atoms with E-state index in [2.05, 4.69) is 41.5 Å². The smallest absolute Gasteiger partial charge is 0.345 e. The van der Waals surface area contributed by atoms with Gasteiger partial charge in [-0.15, -0.1) is 0 Å². The molecule has 0 unspecified atom stereocenters. The Bertz CT molecular complexity index is 1220. The molecule has 9 nitrogen and oxygen atoms in total. The van der Waals surface area contributed by atoms with Crippen molar-refractivity contribution in [2.75, 3.05) is 7.11 Å². The van der Waals surface area contributed by atoms with Crippen LogP contribution in [0, 0.1) is 5.92 Å². The van der Waals surface area contributed by atoms with Gasteiger partial charge < -0.3 is 27.8 Å². The first-order valence-electron chi connectivity index (χ1n) is 14.9. The van der Waals surface area contributed by atoms with Crippen LogP contribution in [0.15, 0.2) is 16.1 Å². The summed E-state index contributed by atoms with van der Waals surface area (Å²) in [5.74, 6) is -0.747. The van der Waals surface area contributed by atoms with Gasteiger partial charge in [0.15, 0.2) is 0 Å². The number of rotatable bonds is 7. The van der Waals surface area contributed by atoms with Gasteiger partial charge in [0.2, 0.25) is 13.9 Å². The van der Waals surface area contributed by atoms with Crippen LogP contribution in [0.5, 0.6) is 0 Å². The molecule has 4 bridgehead atoms. The van der Waals surface area contributed by atoms with E-state index < -0.39 is 50.1 Å². The summed E-state index contributed by atoms with van der Waals surface area (Å²) >= 11 is 0. The van der Waals surface area contributed by atoms with Gasteiger partial charge in [0, 0.05) is 25.4 Å². The van der Waals surface area contributed by atoms with Crippen LogP contribution in [0.2, 0.25) is 16.6 Å². The van der Waals surface area contributed by atoms with Gasteiger partial charge >= 0.3 is 17.9 Å². The molecular formula is C31H44O9Si. The van der Waals surface area contributed by atoms with Gasteiger partial charge in [-0.05, 0) is 54.4 Å². The van der Waals surface area contributed by atoms with Crippen LogP contribution in [-0.2, 0) is 33.0 Å². The number of fused-ring (bicyclic) bond motifs is 4. The summed E-state index contributed by atoms with van der Waals surface area (Å²) in [6, 6.07) is 1.72. The zero-order chi connectivity index (χ0) is 30.0. The lowest BCUT2D eigenvalue weighted by Gasteiger charge is -2.52. The summed E-state index contributed by atoms with van der Waals surface area (Å²) in [7, 11) is -0.927. The van der Waals surface area contributed by atoms with E-state index in [1.807, 2.05) is 13.0 Å². The molecule has 3 aliphatic heterocycles. The lowest BCUT2D eigenvalue weighted by atomic mass is 9.65. The molecule has 1 aromatic heterocycles. The largest absolute Gasteiger partial charge is 0.465 e. The second-order valence-electron chi connectivity index (χ2n) is 13.2.